The van der Waals surface area contributed by atoms with Gasteiger partial charge in [-0.25, -0.2) is 4.79 Å². The van der Waals surface area contributed by atoms with Gasteiger partial charge in [0.05, 0.1) is 7.11 Å². The van der Waals surface area contributed by atoms with Crippen LogP contribution < -0.4 is 10.6 Å². The largest absolute Gasteiger partial charge is 0.468 e. The van der Waals surface area contributed by atoms with E-state index in [2.05, 4.69) is 15.4 Å². The molecule has 1 aromatic carbocycles. The third-order valence-electron chi connectivity index (χ3n) is 4.61. The number of ether oxygens (including phenoxy) is 2. The second kappa shape index (κ2) is 12.1. The van der Waals surface area contributed by atoms with E-state index in [1.165, 1.54) is 12.0 Å². The predicted molar refractivity (Wildman–Crippen MR) is 120 cm³/mol. The third kappa shape index (κ3) is 8.56. The molecule has 0 saturated carbocycles. The van der Waals surface area contributed by atoms with E-state index in [0.717, 1.165) is 11.1 Å². The van der Waals surface area contributed by atoms with Crippen molar-refractivity contribution < 1.29 is 28.7 Å². The summed E-state index contributed by atoms with van der Waals surface area (Å²) in [6.07, 6.45) is -0.135. The van der Waals surface area contributed by atoms with Crippen molar-refractivity contribution in [3.05, 3.63) is 34.9 Å². The molecule has 0 bridgehead atoms. The van der Waals surface area contributed by atoms with E-state index in [1.54, 1.807) is 26.8 Å². The first-order valence-corrected chi connectivity index (χ1v) is 10.6. The predicted octanol–water partition coefficient (Wildman–Crippen LogP) is 2.40. The van der Waals surface area contributed by atoms with Gasteiger partial charge in [0.25, 0.3) is 0 Å². The van der Waals surface area contributed by atoms with Crippen LogP contribution in [0.25, 0.3) is 0 Å². The van der Waals surface area contributed by atoms with Crippen LogP contribution in [-0.2, 0) is 23.9 Å². The van der Waals surface area contributed by atoms with Crippen molar-refractivity contribution >= 4 is 23.9 Å². The summed E-state index contributed by atoms with van der Waals surface area (Å²) in [5.41, 5.74) is 1.91. The number of alkyl carbamates (subject to hydrolysis) is 1. The number of methoxy groups -OCH3 is 1. The Bertz CT molecular complexity index is 832. The Hall–Kier alpha value is -3.10. The van der Waals surface area contributed by atoms with Crippen LogP contribution in [0, 0.1) is 13.8 Å². The Kier molecular flexibility index (Phi) is 10.2. The number of aryl methyl sites for hydroxylation is 2. The fourth-order valence-corrected chi connectivity index (χ4v) is 2.94. The Balaban J connectivity index is 3.17. The van der Waals surface area contributed by atoms with Gasteiger partial charge < -0.3 is 25.0 Å². The number of hydrogen-bond donors (Lipinski definition) is 2. The molecule has 178 valence electrons. The van der Waals surface area contributed by atoms with Gasteiger partial charge in [-0.1, -0.05) is 25.1 Å². The van der Waals surface area contributed by atoms with Gasteiger partial charge >= 0.3 is 12.1 Å². The van der Waals surface area contributed by atoms with Gasteiger partial charge in [-0.15, -0.1) is 0 Å². The highest BCUT2D eigenvalue weighted by Crippen LogP contribution is 2.24. The number of carbonyl (C=O) groups excluding carboxylic acids is 4. The molecule has 0 saturated heterocycles. The Morgan fingerprint density at radius 2 is 1.69 bits per heavy atom. The van der Waals surface area contributed by atoms with E-state index < -0.39 is 35.5 Å². The zero-order valence-electron chi connectivity index (χ0n) is 20.0. The molecule has 9 nitrogen and oxygen atoms in total. The summed E-state index contributed by atoms with van der Waals surface area (Å²) in [6, 6.07) is 4.52. The van der Waals surface area contributed by atoms with Gasteiger partial charge in [-0.05, 0) is 57.7 Å². The molecule has 0 spiro atoms. The van der Waals surface area contributed by atoms with Crippen molar-refractivity contribution in [3.8, 4) is 0 Å². The molecule has 0 aromatic heterocycles. The van der Waals surface area contributed by atoms with Crippen LogP contribution in [0.15, 0.2) is 18.2 Å². The Morgan fingerprint density at radius 3 is 2.22 bits per heavy atom. The van der Waals surface area contributed by atoms with E-state index in [1.807, 2.05) is 32.9 Å². The lowest BCUT2D eigenvalue weighted by Crippen LogP contribution is -2.48. The maximum absolute atomic E-state index is 13.1. The van der Waals surface area contributed by atoms with Gasteiger partial charge in [0.2, 0.25) is 11.8 Å². The number of esters is 1. The molecule has 0 aliphatic carbocycles. The second-order valence-corrected chi connectivity index (χ2v) is 8.48. The van der Waals surface area contributed by atoms with Gasteiger partial charge in [-0.2, -0.15) is 0 Å². The van der Waals surface area contributed by atoms with Gasteiger partial charge in [-0.3, -0.25) is 14.4 Å². The SMILES string of the molecule is CCCN(C(=O)CNC(=O)OC(C)(C)C)C(C(=O)NCC(=O)OC)c1ccc(C)c(C)c1. The molecule has 0 radical (unpaired) electrons. The van der Waals surface area contributed by atoms with E-state index in [9.17, 15) is 19.2 Å². The summed E-state index contributed by atoms with van der Waals surface area (Å²) in [7, 11) is 1.23. The van der Waals surface area contributed by atoms with Crippen molar-refractivity contribution in [2.24, 2.45) is 0 Å². The van der Waals surface area contributed by atoms with Crippen LogP contribution in [0.1, 0.15) is 56.8 Å². The highest BCUT2D eigenvalue weighted by atomic mass is 16.6. The molecule has 3 amide bonds. The van der Waals surface area contributed by atoms with Crippen molar-refractivity contribution in [2.75, 3.05) is 26.7 Å². The van der Waals surface area contributed by atoms with Crippen LogP contribution >= 0.6 is 0 Å². The fourth-order valence-electron chi connectivity index (χ4n) is 2.94. The van der Waals surface area contributed by atoms with E-state index in [4.69, 9.17) is 4.74 Å². The maximum Gasteiger partial charge on any atom is 0.408 e. The summed E-state index contributed by atoms with van der Waals surface area (Å²) < 4.78 is 9.76. The minimum absolute atomic E-state index is 0.276. The van der Waals surface area contributed by atoms with Crippen LogP contribution in [0.5, 0.6) is 0 Å². The van der Waals surface area contributed by atoms with Crippen molar-refractivity contribution in [2.45, 2.75) is 59.6 Å². The van der Waals surface area contributed by atoms with Gasteiger partial charge in [0, 0.05) is 6.54 Å². The monoisotopic (exact) mass is 449 g/mol. The zero-order valence-corrected chi connectivity index (χ0v) is 20.0. The average molecular weight is 450 g/mol. The zero-order chi connectivity index (χ0) is 24.5. The first-order chi connectivity index (χ1) is 14.9. The smallest absolute Gasteiger partial charge is 0.408 e. The molecule has 9 heteroatoms. The van der Waals surface area contributed by atoms with Gasteiger partial charge in [0.1, 0.15) is 24.7 Å². The Labute approximate surface area is 189 Å². The van der Waals surface area contributed by atoms with Gasteiger partial charge in [0.15, 0.2) is 0 Å². The number of nitrogens with zero attached hydrogens (tertiary/aromatic N) is 1. The molecule has 1 atom stereocenters. The van der Waals surface area contributed by atoms with Crippen molar-refractivity contribution in [3.63, 3.8) is 0 Å². The number of rotatable bonds is 9. The number of hydrogen-bond acceptors (Lipinski definition) is 6. The Morgan fingerprint density at radius 1 is 1.03 bits per heavy atom. The molecule has 2 N–H and O–H groups in total. The quantitative estimate of drug-likeness (QED) is 0.560. The van der Waals surface area contributed by atoms with Crippen LogP contribution in [-0.4, -0.2) is 61.1 Å². The minimum atomic E-state index is -0.980. The summed E-state index contributed by atoms with van der Waals surface area (Å²) >= 11 is 0. The lowest BCUT2D eigenvalue weighted by molar-refractivity contribution is -0.143. The van der Waals surface area contributed by atoms with E-state index >= 15 is 0 Å². The molecule has 0 heterocycles. The molecular formula is C23H35N3O6. The molecular weight excluding hydrogens is 414 g/mol. The van der Waals surface area contributed by atoms with E-state index in [0.29, 0.717) is 12.0 Å². The maximum atomic E-state index is 13.1. The fraction of sp³-hybridized carbons (Fsp3) is 0.565. The summed E-state index contributed by atoms with van der Waals surface area (Å²) in [6.45, 7) is 10.5. The topological polar surface area (TPSA) is 114 Å². The lowest BCUT2D eigenvalue weighted by atomic mass is 9.98. The normalized spacial score (nSPS) is 11.8. The molecule has 0 fully saturated rings. The number of benzene rings is 1. The molecule has 1 rings (SSSR count). The second-order valence-electron chi connectivity index (χ2n) is 8.48. The molecule has 0 aliphatic rings. The molecule has 1 aromatic rings. The first kappa shape index (κ1) is 26.9. The van der Waals surface area contributed by atoms with Crippen molar-refractivity contribution in [1.82, 2.24) is 15.5 Å². The van der Waals surface area contributed by atoms with Crippen LogP contribution in [0.2, 0.25) is 0 Å². The van der Waals surface area contributed by atoms with Crippen LogP contribution in [0.4, 0.5) is 4.79 Å². The number of nitrogens with one attached hydrogen (secondary N) is 2. The third-order valence-corrected chi connectivity index (χ3v) is 4.61. The van der Waals surface area contributed by atoms with E-state index in [-0.39, 0.29) is 19.6 Å². The van der Waals surface area contributed by atoms with Crippen LogP contribution in [0.3, 0.4) is 0 Å². The molecule has 32 heavy (non-hydrogen) atoms. The number of amides is 3. The van der Waals surface area contributed by atoms with Crippen molar-refractivity contribution in [1.29, 1.82) is 0 Å². The first-order valence-electron chi connectivity index (χ1n) is 10.6. The highest BCUT2D eigenvalue weighted by molar-refractivity contribution is 5.91. The summed E-state index contributed by atoms with van der Waals surface area (Å²) in [5.74, 6) is -1.57. The number of carbonyl (C=O) groups is 4. The average Bonchev–Trinajstić information content (AvgIpc) is 2.71. The minimum Gasteiger partial charge on any atom is -0.468 e. The highest BCUT2D eigenvalue weighted by Gasteiger charge is 2.31. The lowest BCUT2D eigenvalue weighted by Gasteiger charge is -2.31. The molecule has 0 aliphatic heterocycles. The standard InChI is InChI=1S/C23H35N3O6/c1-8-11-26(18(27)13-25-22(30)32-23(4,5)6)20(21(29)24-14-19(28)31-7)17-10-9-15(2)16(3)12-17/h9-10,12,20H,8,11,13-14H2,1-7H3,(H,24,29)(H,25,30). The molecule has 1 unspecified atom stereocenters. The summed E-state index contributed by atoms with van der Waals surface area (Å²) in [5, 5.41) is 4.98. The summed E-state index contributed by atoms with van der Waals surface area (Å²) in [4.78, 5) is 51.0.